The number of carbonyl (C=O) groups excluding carboxylic acids is 1. The molecule has 0 saturated carbocycles. The number of carbonyl (C=O) groups is 1. The molecule has 2 saturated heterocycles. The SMILES string of the molecule is N#Cc1ccc(CN2CC3CNCCN3C2=O)c(Cl)c1. The molecule has 5 nitrogen and oxygen atoms in total. The van der Waals surface area contributed by atoms with Crippen molar-refractivity contribution >= 4 is 17.6 Å². The van der Waals surface area contributed by atoms with Crippen LogP contribution in [0.1, 0.15) is 11.1 Å². The van der Waals surface area contributed by atoms with E-state index in [-0.39, 0.29) is 12.1 Å². The third-order valence-corrected chi connectivity index (χ3v) is 4.19. The molecule has 1 aromatic carbocycles. The number of nitrogens with zero attached hydrogens (tertiary/aromatic N) is 3. The van der Waals surface area contributed by atoms with Gasteiger partial charge in [-0.3, -0.25) is 0 Å². The van der Waals surface area contributed by atoms with Crippen LogP contribution in [-0.4, -0.2) is 48.1 Å². The number of urea groups is 1. The first kappa shape index (κ1) is 13.2. The summed E-state index contributed by atoms with van der Waals surface area (Å²) < 4.78 is 0. The van der Waals surface area contributed by atoms with Gasteiger partial charge < -0.3 is 15.1 Å². The first-order valence-corrected chi connectivity index (χ1v) is 7.01. The van der Waals surface area contributed by atoms with E-state index in [0.29, 0.717) is 17.1 Å². The van der Waals surface area contributed by atoms with E-state index < -0.39 is 0 Å². The minimum atomic E-state index is 0.0805. The third kappa shape index (κ3) is 2.33. The molecular formula is C14H15ClN4O. The molecule has 20 heavy (non-hydrogen) atoms. The van der Waals surface area contributed by atoms with Gasteiger partial charge in [0, 0.05) is 37.7 Å². The Morgan fingerprint density at radius 1 is 1.50 bits per heavy atom. The van der Waals surface area contributed by atoms with Crippen LogP contribution in [0.5, 0.6) is 0 Å². The maximum absolute atomic E-state index is 12.3. The first-order chi connectivity index (χ1) is 9.69. The number of amides is 2. The molecule has 0 bridgehead atoms. The molecule has 2 amide bonds. The predicted octanol–water partition coefficient (Wildman–Crippen LogP) is 1.42. The zero-order chi connectivity index (χ0) is 14.1. The van der Waals surface area contributed by atoms with Gasteiger partial charge in [-0.05, 0) is 17.7 Å². The van der Waals surface area contributed by atoms with E-state index in [2.05, 4.69) is 11.4 Å². The topological polar surface area (TPSA) is 59.4 Å². The summed E-state index contributed by atoms with van der Waals surface area (Å²) in [6.45, 7) is 3.69. The van der Waals surface area contributed by atoms with Crippen LogP contribution in [0, 0.1) is 11.3 Å². The van der Waals surface area contributed by atoms with Crippen molar-refractivity contribution in [2.24, 2.45) is 0 Å². The van der Waals surface area contributed by atoms with Crippen LogP contribution >= 0.6 is 11.6 Å². The molecule has 104 valence electrons. The van der Waals surface area contributed by atoms with Crippen molar-refractivity contribution in [1.29, 1.82) is 5.26 Å². The summed E-state index contributed by atoms with van der Waals surface area (Å²) in [5.74, 6) is 0. The number of rotatable bonds is 2. The van der Waals surface area contributed by atoms with Crippen LogP contribution in [0.15, 0.2) is 18.2 Å². The quantitative estimate of drug-likeness (QED) is 0.896. The molecule has 2 aliphatic heterocycles. The van der Waals surface area contributed by atoms with Crippen LogP contribution < -0.4 is 5.32 Å². The molecule has 1 aromatic rings. The van der Waals surface area contributed by atoms with E-state index in [9.17, 15) is 4.79 Å². The van der Waals surface area contributed by atoms with Gasteiger partial charge >= 0.3 is 6.03 Å². The fraction of sp³-hybridized carbons (Fsp3) is 0.429. The molecule has 0 radical (unpaired) electrons. The number of nitriles is 1. The summed E-state index contributed by atoms with van der Waals surface area (Å²) in [6, 6.07) is 7.60. The van der Waals surface area contributed by atoms with Crippen molar-refractivity contribution in [2.75, 3.05) is 26.2 Å². The molecule has 2 heterocycles. The van der Waals surface area contributed by atoms with Gasteiger partial charge in [0.25, 0.3) is 0 Å². The van der Waals surface area contributed by atoms with Gasteiger partial charge in [0.05, 0.1) is 17.7 Å². The van der Waals surface area contributed by atoms with Gasteiger partial charge in [-0.15, -0.1) is 0 Å². The molecule has 3 rings (SSSR count). The van der Waals surface area contributed by atoms with Gasteiger partial charge in [-0.25, -0.2) is 4.79 Å². The Labute approximate surface area is 122 Å². The molecule has 0 spiro atoms. The van der Waals surface area contributed by atoms with Crippen molar-refractivity contribution in [2.45, 2.75) is 12.6 Å². The van der Waals surface area contributed by atoms with Crippen molar-refractivity contribution < 1.29 is 4.79 Å². The molecule has 0 aromatic heterocycles. The lowest BCUT2D eigenvalue weighted by molar-refractivity contribution is 0.178. The second kappa shape index (κ2) is 5.31. The molecule has 1 atom stereocenters. The highest BCUT2D eigenvalue weighted by molar-refractivity contribution is 6.31. The zero-order valence-corrected chi connectivity index (χ0v) is 11.7. The maximum atomic E-state index is 12.3. The highest BCUT2D eigenvalue weighted by Crippen LogP contribution is 2.24. The summed E-state index contributed by atoms with van der Waals surface area (Å²) in [6.07, 6.45) is 0. The van der Waals surface area contributed by atoms with Crippen LogP contribution in [0.3, 0.4) is 0 Å². The van der Waals surface area contributed by atoms with E-state index in [1.165, 1.54) is 0 Å². The monoisotopic (exact) mass is 290 g/mol. The summed E-state index contributed by atoms with van der Waals surface area (Å²) >= 11 is 6.17. The number of benzene rings is 1. The molecule has 2 aliphatic rings. The van der Waals surface area contributed by atoms with E-state index in [1.807, 2.05) is 15.9 Å². The summed E-state index contributed by atoms with van der Waals surface area (Å²) in [4.78, 5) is 16.1. The Bertz CT molecular complexity index is 583. The Morgan fingerprint density at radius 2 is 2.35 bits per heavy atom. The summed E-state index contributed by atoms with van der Waals surface area (Å²) in [7, 11) is 0. The average Bonchev–Trinajstić information content (AvgIpc) is 2.78. The standard InChI is InChI=1S/C14H15ClN4O/c15-13-5-10(6-16)1-2-11(13)8-18-9-12-7-17-3-4-19(12)14(18)20/h1-2,5,12,17H,3-4,7-9H2. The van der Waals surface area contributed by atoms with Gasteiger partial charge in [-0.1, -0.05) is 17.7 Å². The minimum Gasteiger partial charge on any atom is -0.318 e. The van der Waals surface area contributed by atoms with Crippen LogP contribution in [-0.2, 0) is 6.54 Å². The van der Waals surface area contributed by atoms with Crippen LogP contribution in [0.2, 0.25) is 5.02 Å². The van der Waals surface area contributed by atoms with Gasteiger partial charge in [0.2, 0.25) is 0 Å². The number of hydrogen-bond donors (Lipinski definition) is 1. The highest BCUT2D eigenvalue weighted by atomic mass is 35.5. The van der Waals surface area contributed by atoms with E-state index in [1.54, 1.807) is 12.1 Å². The first-order valence-electron chi connectivity index (χ1n) is 6.64. The Balaban J connectivity index is 1.75. The lowest BCUT2D eigenvalue weighted by Crippen LogP contribution is -2.49. The number of piperazine rings is 1. The smallest absolute Gasteiger partial charge is 0.318 e. The van der Waals surface area contributed by atoms with Crippen molar-refractivity contribution in [3.63, 3.8) is 0 Å². The summed E-state index contributed by atoms with van der Waals surface area (Å²) in [5, 5.41) is 12.7. The van der Waals surface area contributed by atoms with Crippen molar-refractivity contribution in [3.8, 4) is 6.07 Å². The molecule has 2 fully saturated rings. The number of halogens is 1. The number of nitrogens with one attached hydrogen (secondary N) is 1. The van der Waals surface area contributed by atoms with E-state index >= 15 is 0 Å². The van der Waals surface area contributed by atoms with E-state index in [0.717, 1.165) is 31.7 Å². The Kier molecular flexibility index (Phi) is 3.51. The van der Waals surface area contributed by atoms with Gasteiger partial charge in [0.1, 0.15) is 0 Å². The molecule has 1 unspecified atom stereocenters. The average molecular weight is 291 g/mol. The van der Waals surface area contributed by atoms with Crippen LogP contribution in [0.4, 0.5) is 4.79 Å². The second-order valence-electron chi connectivity index (χ2n) is 5.13. The van der Waals surface area contributed by atoms with E-state index in [4.69, 9.17) is 16.9 Å². The molecule has 6 heteroatoms. The van der Waals surface area contributed by atoms with Crippen LogP contribution in [0.25, 0.3) is 0 Å². The molecule has 0 aliphatic carbocycles. The maximum Gasteiger partial charge on any atom is 0.320 e. The molecular weight excluding hydrogens is 276 g/mol. The lowest BCUT2D eigenvalue weighted by atomic mass is 10.1. The zero-order valence-electron chi connectivity index (χ0n) is 11.0. The van der Waals surface area contributed by atoms with Gasteiger partial charge in [0.15, 0.2) is 0 Å². The van der Waals surface area contributed by atoms with Crippen molar-refractivity contribution in [3.05, 3.63) is 34.3 Å². The molecule has 1 N–H and O–H groups in total. The highest BCUT2D eigenvalue weighted by Gasteiger charge is 2.38. The fourth-order valence-electron chi connectivity index (χ4n) is 2.77. The largest absolute Gasteiger partial charge is 0.320 e. The second-order valence-corrected chi connectivity index (χ2v) is 5.54. The Hall–Kier alpha value is -1.77. The summed E-state index contributed by atoms with van der Waals surface area (Å²) in [5.41, 5.74) is 1.42. The normalized spacial score (nSPS) is 21.8. The van der Waals surface area contributed by atoms with Gasteiger partial charge in [-0.2, -0.15) is 5.26 Å². The number of hydrogen-bond acceptors (Lipinski definition) is 3. The van der Waals surface area contributed by atoms with Crippen molar-refractivity contribution in [1.82, 2.24) is 15.1 Å². The fourth-order valence-corrected chi connectivity index (χ4v) is 3.01. The Morgan fingerprint density at radius 3 is 3.05 bits per heavy atom. The number of fused-ring (bicyclic) bond motifs is 1. The lowest BCUT2D eigenvalue weighted by Gasteiger charge is -2.28. The minimum absolute atomic E-state index is 0.0805. The predicted molar refractivity (Wildman–Crippen MR) is 75.3 cm³/mol. The third-order valence-electron chi connectivity index (χ3n) is 3.84.